The van der Waals surface area contributed by atoms with Gasteiger partial charge in [0.05, 0.1) is 23.9 Å². The predicted molar refractivity (Wildman–Crippen MR) is 115 cm³/mol. The Morgan fingerprint density at radius 2 is 1.76 bits per heavy atom. The zero-order valence-electron chi connectivity index (χ0n) is 16.2. The summed E-state index contributed by atoms with van der Waals surface area (Å²) >= 11 is 0. The molecule has 5 nitrogen and oxygen atoms in total. The van der Waals surface area contributed by atoms with E-state index in [1.54, 1.807) is 30.5 Å². The molecule has 5 heteroatoms. The summed E-state index contributed by atoms with van der Waals surface area (Å²) in [6.45, 7) is 2.59. The minimum absolute atomic E-state index is 0.159. The van der Waals surface area contributed by atoms with Crippen molar-refractivity contribution in [3.8, 4) is 0 Å². The summed E-state index contributed by atoms with van der Waals surface area (Å²) in [6, 6.07) is 19.0. The molecule has 2 amide bonds. The highest BCUT2D eigenvalue weighted by atomic mass is 16.3. The Hall–Kier alpha value is -3.60. The molecular weight excluding hydrogens is 364 g/mol. The quantitative estimate of drug-likeness (QED) is 0.495. The van der Waals surface area contributed by atoms with E-state index >= 15 is 0 Å². The van der Waals surface area contributed by atoms with E-state index in [-0.39, 0.29) is 18.2 Å². The summed E-state index contributed by atoms with van der Waals surface area (Å²) in [5, 5.41) is 8.83. The zero-order valence-corrected chi connectivity index (χ0v) is 16.2. The van der Waals surface area contributed by atoms with Gasteiger partial charge in [0.2, 0.25) is 5.91 Å². The Balaban J connectivity index is 1.59. The second-order valence-electron chi connectivity index (χ2n) is 6.95. The second kappa shape index (κ2) is 8.19. The van der Waals surface area contributed by atoms with Crippen molar-refractivity contribution in [1.29, 1.82) is 0 Å². The zero-order chi connectivity index (χ0) is 20.2. The fourth-order valence-electron chi connectivity index (χ4n) is 3.50. The average Bonchev–Trinajstić information content (AvgIpc) is 3.15. The molecule has 1 heterocycles. The molecule has 0 fully saturated rings. The molecule has 0 aliphatic rings. The summed E-state index contributed by atoms with van der Waals surface area (Å²) in [4.78, 5) is 25.1. The maximum absolute atomic E-state index is 12.8. The molecule has 4 rings (SSSR count). The van der Waals surface area contributed by atoms with Gasteiger partial charge in [0.15, 0.2) is 0 Å². The molecule has 2 N–H and O–H groups in total. The normalized spacial score (nSPS) is 10.9. The summed E-state index contributed by atoms with van der Waals surface area (Å²) in [6.07, 6.45) is 2.64. The Kier molecular flexibility index (Phi) is 5.29. The summed E-state index contributed by atoms with van der Waals surface area (Å²) in [5.74, 6) is -0.390. The number of nitrogens with one attached hydrogen (secondary N) is 2. The van der Waals surface area contributed by atoms with Crippen LogP contribution in [0.1, 0.15) is 29.3 Å². The lowest BCUT2D eigenvalue weighted by Crippen LogP contribution is -2.26. The highest BCUT2D eigenvalue weighted by Gasteiger charge is 2.16. The Morgan fingerprint density at radius 1 is 0.966 bits per heavy atom. The van der Waals surface area contributed by atoms with Crippen molar-refractivity contribution >= 4 is 39.2 Å². The van der Waals surface area contributed by atoms with Crippen LogP contribution in [0.25, 0.3) is 21.7 Å². The molecule has 0 bridgehead atoms. The van der Waals surface area contributed by atoms with E-state index in [4.69, 9.17) is 4.42 Å². The molecule has 29 heavy (non-hydrogen) atoms. The van der Waals surface area contributed by atoms with E-state index in [0.29, 0.717) is 17.8 Å². The van der Waals surface area contributed by atoms with Gasteiger partial charge in [0, 0.05) is 17.5 Å². The third kappa shape index (κ3) is 3.85. The third-order valence-electron chi connectivity index (χ3n) is 4.87. The number of fused-ring (bicyclic) bond motifs is 3. The number of anilines is 1. The monoisotopic (exact) mass is 386 g/mol. The molecule has 0 aliphatic heterocycles. The van der Waals surface area contributed by atoms with Gasteiger partial charge in [-0.1, -0.05) is 49.4 Å². The topological polar surface area (TPSA) is 71.3 Å². The first-order valence-electron chi connectivity index (χ1n) is 9.72. The standard InChI is InChI=1S/C24H22N2O3/c1-2-13-25-24(28)19-9-5-6-10-20(19)26-22(27)14-17-15-29-21-12-11-16-7-3-4-8-18(16)23(17)21/h3-12,15H,2,13-14H2,1H3,(H,25,28)(H,26,27). The van der Waals surface area contributed by atoms with E-state index in [0.717, 1.165) is 33.7 Å². The number of furan rings is 1. The van der Waals surface area contributed by atoms with Crippen molar-refractivity contribution in [3.05, 3.63) is 78.1 Å². The first-order valence-corrected chi connectivity index (χ1v) is 9.72. The van der Waals surface area contributed by atoms with Crippen LogP contribution < -0.4 is 10.6 Å². The smallest absolute Gasteiger partial charge is 0.253 e. The van der Waals surface area contributed by atoms with Crippen LogP contribution in [-0.4, -0.2) is 18.4 Å². The minimum atomic E-state index is -0.198. The Bertz CT molecular complexity index is 1190. The lowest BCUT2D eigenvalue weighted by atomic mass is 10.0. The molecule has 3 aromatic carbocycles. The van der Waals surface area contributed by atoms with Gasteiger partial charge in [-0.05, 0) is 35.4 Å². The van der Waals surface area contributed by atoms with Crippen LogP contribution in [-0.2, 0) is 11.2 Å². The number of para-hydroxylation sites is 1. The summed E-state index contributed by atoms with van der Waals surface area (Å²) in [5.41, 5.74) is 2.54. The van der Waals surface area contributed by atoms with E-state index in [1.807, 2.05) is 43.3 Å². The van der Waals surface area contributed by atoms with Gasteiger partial charge in [0.1, 0.15) is 5.58 Å². The molecule has 0 radical (unpaired) electrons. The van der Waals surface area contributed by atoms with E-state index in [9.17, 15) is 9.59 Å². The van der Waals surface area contributed by atoms with Gasteiger partial charge < -0.3 is 15.1 Å². The third-order valence-corrected chi connectivity index (χ3v) is 4.87. The first-order chi connectivity index (χ1) is 14.2. The van der Waals surface area contributed by atoms with Crippen molar-refractivity contribution in [1.82, 2.24) is 5.32 Å². The van der Waals surface area contributed by atoms with E-state index in [2.05, 4.69) is 10.6 Å². The van der Waals surface area contributed by atoms with Crippen molar-refractivity contribution in [2.45, 2.75) is 19.8 Å². The summed E-state index contributed by atoms with van der Waals surface area (Å²) < 4.78 is 5.67. The molecule has 4 aromatic rings. The van der Waals surface area contributed by atoms with Gasteiger partial charge >= 0.3 is 0 Å². The van der Waals surface area contributed by atoms with Crippen LogP contribution in [0, 0.1) is 0 Å². The number of benzene rings is 3. The van der Waals surface area contributed by atoms with Crippen LogP contribution in [0.4, 0.5) is 5.69 Å². The van der Waals surface area contributed by atoms with Crippen molar-refractivity contribution in [3.63, 3.8) is 0 Å². The van der Waals surface area contributed by atoms with Gasteiger partial charge in [-0.15, -0.1) is 0 Å². The molecule has 0 atom stereocenters. The fraction of sp³-hybridized carbons (Fsp3) is 0.167. The molecule has 0 saturated heterocycles. The largest absolute Gasteiger partial charge is 0.464 e. The lowest BCUT2D eigenvalue weighted by Gasteiger charge is -2.11. The molecule has 0 unspecified atom stereocenters. The number of hydrogen-bond acceptors (Lipinski definition) is 3. The molecule has 1 aromatic heterocycles. The van der Waals surface area contributed by atoms with Crippen LogP contribution in [0.3, 0.4) is 0 Å². The average molecular weight is 386 g/mol. The highest BCUT2D eigenvalue weighted by molar-refractivity contribution is 6.09. The van der Waals surface area contributed by atoms with Crippen molar-refractivity contribution in [2.75, 3.05) is 11.9 Å². The maximum atomic E-state index is 12.8. The molecule has 0 aliphatic carbocycles. The number of rotatable bonds is 6. The number of carbonyl (C=O) groups excluding carboxylic acids is 2. The predicted octanol–water partition coefficient (Wildman–Crippen LogP) is 4.91. The van der Waals surface area contributed by atoms with Gasteiger partial charge in [-0.3, -0.25) is 9.59 Å². The second-order valence-corrected chi connectivity index (χ2v) is 6.95. The van der Waals surface area contributed by atoms with Crippen LogP contribution in [0.15, 0.2) is 71.3 Å². The number of amides is 2. The van der Waals surface area contributed by atoms with Gasteiger partial charge in [-0.2, -0.15) is 0 Å². The van der Waals surface area contributed by atoms with Crippen LogP contribution in [0.2, 0.25) is 0 Å². The Morgan fingerprint density at radius 3 is 2.62 bits per heavy atom. The number of hydrogen-bond donors (Lipinski definition) is 2. The van der Waals surface area contributed by atoms with E-state index in [1.165, 1.54) is 0 Å². The van der Waals surface area contributed by atoms with Crippen molar-refractivity contribution in [2.24, 2.45) is 0 Å². The van der Waals surface area contributed by atoms with Gasteiger partial charge in [-0.25, -0.2) is 0 Å². The SMILES string of the molecule is CCCNC(=O)c1ccccc1NC(=O)Cc1coc2ccc3ccccc3c12. The molecule has 0 saturated carbocycles. The molecule has 146 valence electrons. The molecular formula is C24H22N2O3. The van der Waals surface area contributed by atoms with Crippen LogP contribution in [0.5, 0.6) is 0 Å². The van der Waals surface area contributed by atoms with Crippen LogP contribution >= 0.6 is 0 Å². The highest BCUT2D eigenvalue weighted by Crippen LogP contribution is 2.30. The maximum Gasteiger partial charge on any atom is 0.253 e. The molecule has 0 spiro atoms. The summed E-state index contributed by atoms with van der Waals surface area (Å²) in [7, 11) is 0. The Labute approximate surface area is 168 Å². The van der Waals surface area contributed by atoms with Gasteiger partial charge in [0.25, 0.3) is 5.91 Å². The number of carbonyl (C=O) groups is 2. The lowest BCUT2D eigenvalue weighted by molar-refractivity contribution is -0.115. The first kappa shape index (κ1) is 18.7. The minimum Gasteiger partial charge on any atom is -0.464 e. The van der Waals surface area contributed by atoms with Crippen molar-refractivity contribution < 1.29 is 14.0 Å². The van der Waals surface area contributed by atoms with E-state index < -0.39 is 0 Å². The fourth-order valence-corrected chi connectivity index (χ4v) is 3.50.